The van der Waals surface area contributed by atoms with E-state index in [1.165, 1.54) is 0 Å². The van der Waals surface area contributed by atoms with E-state index in [-0.39, 0.29) is 6.10 Å². The van der Waals surface area contributed by atoms with Crippen molar-refractivity contribution in [2.24, 2.45) is 0 Å². The van der Waals surface area contributed by atoms with Crippen molar-refractivity contribution < 1.29 is 4.74 Å². The van der Waals surface area contributed by atoms with Gasteiger partial charge in [0.1, 0.15) is 0 Å². The predicted octanol–water partition coefficient (Wildman–Crippen LogP) is 3.39. The summed E-state index contributed by atoms with van der Waals surface area (Å²) < 4.78 is 5.66. The fourth-order valence-electron chi connectivity index (χ4n) is 1.92. The van der Waals surface area contributed by atoms with Crippen LogP contribution in [0.15, 0.2) is 12.1 Å². The Bertz CT molecular complexity index is 405. The summed E-state index contributed by atoms with van der Waals surface area (Å²) in [5.74, 6) is 0. The topological polar surface area (TPSA) is 24.5 Å². The Labute approximate surface area is 122 Å². The quantitative estimate of drug-likeness (QED) is 0.926. The molecule has 1 saturated heterocycles. The molecule has 1 aliphatic rings. The molecule has 0 radical (unpaired) electrons. The van der Waals surface area contributed by atoms with Crippen LogP contribution in [0.3, 0.4) is 0 Å². The van der Waals surface area contributed by atoms with Crippen molar-refractivity contribution >= 4 is 40.5 Å². The van der Waals surface area contributed by atoms with Gasteiger partial charge in [-0.05, 0) is 19.2 Å². The van der Waals surface area contributed by atoms with Gasteiger partial charge in [-0.25, -0.2) is 0 Å². The van der Waals surface area contributed by atoms with Gasteiger partial charge in [0.15, 0.2) is 0 Å². The molecular formula is C12H15Cl3N2O. The van der Waals surface area contributed by atoms with Crippen molar-refractivity contribution in [3.05, 3.63) is 27.2 Å². The number of anilines is 1. The van der Waals surface area contributed by atoms with Gasteiger partial charge in [0, 0.05) is 24.7 Å². The van der Waals surface area contributed by atoms with E-state index in [0.29, 0.717) is 27.3 Å². The summed E-state index contributed by atoms with van der Waals surface area (Å²) in [7, 11) is 2.08. The number of nitrogens with zero attached hydrogens (tertiary/aromatic N) is 1. The van der Waals surface area contributed by atoms with Gasteiger partial charge in [-0.3, -0.25) is 0 Å². The number of benzene rings is 1. The van der Waals surface area contributed by atoms with Crippen LogP contribution < -0.4 is 5.32 Å². The summed E-state index contributed by atoms with van der Waals surface area (Å²) >= 11 is 18.1. The lowest BCUT2D eigenvalue weighted by Crippen LogP contribution is -2.43. The van der Waals surface area contributed by atoms with E-state index in [9.17, 15) is 0 Å². The van der Waals surface area contributed by atoms with Crippen LogP contribution in [0.2, 0.25) is 15.1 Å². The Balaban J connectivity index is 1.97. The zero-order valence-electron chi connectivity index (χ0n) is 10.0. The number of rotatable bonds is 3. The lowest BCUT2D eigenvalue weighted by molar-refractivity contribution is -0.0117. The van der Waals surface area contributed by atoms with Crippen LogP contribution in [0.4, 0.5) is 5.69 Å². The highest BCUT2D eigenvalue weighted by Gasteiger charge is 2.18. The molecule has 1 N–H and O–H groups in total. The minimum absolute atomic E-state index is 0.145. The summed E-state index contributed by atoms with van der Waals surface area (Å²) in [6.07, 6.45) is 0.145. The zero-order chi connectivity index (χ0) is 13.1. The molecule has 0 spiro atoms. The maximum absolute atomic E-state index is 6.10. The average molecular weight is 310 g/mol. The van der Waals surface area contributed by atoms with Crippen LogP contribution in [0, 0.1) is 0 Å². The molecule has 6 heteroatoms. The second kappa shape index (κ2) is 6.31. The van der Waals surface area contributed by atoms with E-state index in [2.05, 4.69) is 17.3 Å². The summed E-state index contributed by atoms with van der Waals surface area (Å²) in [4.78, 5) is 2.24. The van der Waals surface area contributed by atoms with Gasteiger partial charge >= 0.3 is 0 Å². The molecule has 0 aromatic heterocycles. The molecule has 1 atom stereocenters. The molecule has 0 aliphatic carbocycles. The molecule has 18 heavy (non-hydrogen) atoms. The number of morpholine rings is 1. The fourth-order valence-corrected chi connectivity index (χ4v) is 2.87. The summed E-state index contributed by atoms with van der Waals surface area (Å²) in [6.45, 7) is 3.30. The molecule has 2 rings (SSSR count). The minimum atomic E-state index is 0.145. The Kier molecular flexibility index (Phi) is 4.98. The molecule has 1 fully saturated rings. The lowest BCUT2D eigenvalue weighted by atomic mass is 10.2. The van der Waals surface area contributed by atoms with Crippen molar-refractivity contribution in [3.63, 3.8) is 0 Å². The number of hydrogen-bond donors (Lipinski definition) is 1. The number of halogens is 3. The van der Waals surface area contributed by atoms with Crippen LogP contribution in [-0.2, 0) is 4.74 Å². The third-order valence-electron chi connectivity index (χ3n) is 2.86. The molecule has 1 aromatic carbocycles. The van der Waals surface area contributed by atoms with E-state index in [1.807, 2.05) is 0 Å². The highest BCUT2D eigenvalue weighted by Crippen LogP contribution is 2.33. The number of likely N-dealkylation sites (N-methyl/N-ethyl adjacent to an activating group) is 1. The van der Waals surface area contributed by atoms with Gasteiger partial charge in [0.05, 0.1) is 28.4 Å². The van der Waals surface area contributed by atoms with Crippen molar-refractivity contribution in [1.82, 2.24) is 4.90 Å². The maximum Gasteiger partial charge on any atom is 0.0874 e. The Morgan fingerprint density at radius 1 is 1.33 bits per heavy atom. The molecular weight excluding hydrogens is 295 g/mol. The first-order valence-corrected chi connectivity index (χ1v) is 6.88. The monoisotopic (exact) mass is 308 g/mol. The highest BCUT2D eigenvalue weighted by molar-refractivity contribution is 6.41. The van der Waals surface area contributed by atoms with Gasteiger partial charge in [-0.15, -0.1) is 0 Å². The van der Waals surface area contributed by atoms with Crippen LogP contribution in [0.1, 0.15) is 0 Å². The standard InChI is InChI=1S/C12H15Cl3N2O/c1-17-2-3-18-9(7-17)6-16-12-10(14)4-8(13)5-11(12)15/h4-5,9,16H,2-3,6-7H2,1H3. The summed E-state index contributed by atoms with van der Waals surface area (Å²) in [5.41, 5.74) is 0.708. The zero-order valence-corrected chi connectivity index (χ0v) is 12.3. The predicted molar refractivity (Wildman–Crippen MR) is 77.2 cm³/mol. The van der Waals surface area contributed by atoms with Crippen molar-refractivity contribution in [2.75, 3.05) is 38.6 Å². The van der Waals surface area contributed by atoms with Crippen molar-refractivity contribution in [1.29, 1.82) is 0 Å². The molecule has 0 bridgehead atoms. The smallest absolute Gasteiger partial charge is 0.0874 e. The van der Waals surface area contributed by atoms with Crippen molar-refractivity contribution in [3.8, 4) is 0 Å². The van der Waals surface area contributed by atoms with Gasteiger partial charge in [0.25, 0.3) is 0 Å². The van der Waals surface area contributed by atoms with Gasteiger partial charge in [-0.1, -0.05) is 34.8 Å². The second-order valence-electron chi connectivity index (χ2n) is 4.38. The molecule has 1 aromatic rings. The fraction of sp³-hybridized carbons (Fsp3) is 0.500. The lowest BCUT2D eigenvalue weighted by Gasteiger charge is -2.30. The van der Waals surface area contributed by atoms with Gasteiger partial charge in [0.2, 0.25) is 0 Å². The third kappa shape index (κ3) is 3.65. The van der Waals surface area contributed by atoms with Crippen molar-refractivity contribution in [2.45, 2.75) is 6.10 Å². The van der Waals surface area contributed by atoms with E-state index in [0.717, 1.165) is 19.7 Å². The maximum atomic E-state index is 6.10. The van der Waals surface area contributed by atoms with Crippen LogP contribution in [0.25, 0.3) is 0 Å². The van der Waals surface area contributed by atoms with Crippen LogP contribution in [-0.4, -0.2) is 44.3 Å². The molecule has 3 nitrogen and oxygen atoms in total. The largest absolute Gasteiger partial charge is 0.380 e. The number of nitrogens with one attached hydrogen (secondary N) is 1. The Hall–Kier alpha value is -0.190. The number of hydrogen-bond acceptors (Lipinski definition) is 3. The Morgan fingerprint density at radius 3 is 2.61 bits per heavy atom. The first kappa shape index (κ1) is 14.2. The summed E-state index contributed by atoms with van der Waals surface area (Å²) in [5, 5.41) is 4.81. The molecule has 0 amide bonds. The van der Waals surface area contributed by atoms with Crippen LogP contribution >= 0.6 is 34.8 Å². The average Bonchev–Trinajstić information content (AvgIpc) is 2.27. The van der Waals surface area contributed by atoms with Crippen LogP contribution in [0.5, 0.6) is 0 Å². The van der Waals surface area contributed by atoms with Gasteiger partial charge in [-0.2, -0.15) is 0 Å². The molecule has 1 aliphatic heterocycles. The molecule has 0 saturated carbocycles. The molecule has 100 valence electrons. The first-order chi connectivity index (χ1) is 8.56. The SMILES string of the molecule is CN1CCOC(CNc2c(Cl)cc(Cl)cc2Cl)C1. The first-order valence-electron chi connectivity index (χ1n) is 5.75. The summed E-state index contributed by atoms with van der Waals surface area (Å²) in [6, 6.07) is 3.34. The minimum Gasteiger partial charge on any atom is -0.380 e. The number of ether oxygens (including phenoxy) is 1. The third-order valence-corrected chi connectivity index (χ3v) is 3.67. The normalized spacial score (nSPS) is 21.0. The van der Waals surface area contributed by atoms with E-state index in [1.54, 1.807) is 12.1 Å². The molecule has 1 unspecified atom stereocenters. The van der Waals surface area contributed by atoms with E-state index in [4.69, 9.17) is 39.5 Å². The molecule has 1 heterocycles. The van der Waals surface area contributed by atoms with E-state index < -0.39 is 0 Å². The Morgan fingerprint density at radius 2 is 2.00 bits per heavy atom. The second-order valence-corrected chi connectivity index (χ2v) is 5.63. The highest BCUT2D eigenvalue weighted by atomic mass is 35.5. The van der Waals surface area contributed by atoms with E-state index >= 15 is 0 Å². The van der Waals surface area contributed by atoms with Gasteiger partial charge < -0.3 is 15.0 Å².